The van der Waals surface area contributed by atoms with Crippen LogP contribution in [0.1, 0.15) is 31.4 Å². The zero-order valence-electron chi connectivity index (χ0n) is 17.8. The van der Waals surface area contributed by atoms with Crippen LogP contribution in [0.5, 0.6) is 0 Å². The topological polar surface area (TPSA) is 135 Å². The number of hydrogen-bond acceptors (Lipinski definition) is 5. The maximum Gasteiger partial charge on any atom is 0.241 e. The van der Waals surface area contributed by atoms with Crippen molar-refractivity contribution in [3.05, 3.63) is 59.7 Å². The van der Waals surface area contributed by atoms with Crippen molar-refractivity contribution < 1.29 is 21.6 Å². The minimum absolute atomic E-state index is 0.0165. The van der Waals surface area contributed by atoms with Crippen LogP contribution >= 0.6 is 0 Å². The molecule has 170 valence electrons. The first kappa shape index (κ1) is 25.0. The van der Waals surface area contributed by atoms with Crippen molar-refractivity contribution in [3.63, 3.8) is 0 Å². The van der Waals surface area contributed by atoms with Gasteiger partial charge in [0.25, 0.3) is 0 Å². The minimum Gasteiger partial charge on any atom is -0.354 e. The maximum absolute atomic E-state index is 12.7. The van der Waals surface area contributed by atoms with E-state index in [1.807, 2.05) is 20.8 Å². The van der Waals surface area contributed by atoms with E-state index in [-0.39, 0.29) is 22.3 Å². The molecule has 1 amide bonds. The maximum atomic E-state index is 12.7. The van der Waals surface area contributed by atoms with Gasteiger partial charge >= 0.3 is 0 Å². The van der Waals surface area contributed by atoms with Crippen LogP contribution in [0.3, 0.4) is 0 Å². The monoisotopic (exact) mass is 467 g/mol. The lowest BCUT2D eigenvalue weighted by Gasteiger charge is -2.20. The second-order valence-electron chi connectivity index (χ2n) is 7.85. The third-order valence-corrected chi connectivity index (χ3v) is 7.03. The van der Waals surface area contributed by atoms with Crippen molar-refractivity contribution in [2.75, 3.05) is 6.54 Å². The fourth-order valence-electron chi connectivity index (χ4n) is 2.95. The molecule has 4 N–H and O–H groups in total. The van der Waals surface area contributed by atoms with Crippen molar-refractivity contribution in [1.29, 1.82) is 0 Å². The molecular weight excluding hydrogens is 438 g/mol. The van der Waals surface area contributed by atoms with Gasteiger partial charge < -0.3 is 5.32 Å². The zero-order chi connectivity index (χ0) is 23.2. The van der Waals surface area contributed by atoms with E-state index in [1.165, 1.54) is 24.3 Å². The molecule has 0 heterocycles. The molecule has 0 saturated heterocycles. The summed E-state index contributed by atoms with van der Waals surface area (Å²) in [6.45, 7) is 5.96. The van der Waals surface area contributed by atoms with Gasteiger partial charge in [0.1, 0.15) is 6.04 Å². The molecule has 31 heavy (non-hydrogen) atoms. The average Bonchev–Trinajstić information content (AvgIpc) is 2.67. The van der Waals surface area contributed by atoms with E-state index in [9.17, 15) is 21.6 Å². The number of primary sulfonamides is 1. The molecule has 0 saturated carbocycles. The number of carbonyl (C=O) groups is 1. The average molecular weight is 468 g/mol. The van der Waals surface area contributed by atoms with E-state index >= 15 is 0 Å². The van der Waals surface area contributed by atoms with Crippen molar-refractivity contribution >= 4 is 26.0 Å². The highest BCUT2D eigenvalue weighted by Crippen LogP contribution is 2.14. The van der Waals surface area contributed by atoms with E-state index in [0.717, 1.165) is 11.1 Å². The van der Waals surface area contributed by atoms with Crippen LogP contribution in [0.2, 0.25) is 0 Å². The number of carbonyl (C=O) groups excluding carboxylic acids is 1. The highest BCUT2D eigenvalue weighted by Gasteiger charge is 2.26. The first-order valence-corrected chi connectivity index (χ1v) is 12.9. The SMILES string of the molecule is Cc1ccc(S(=O)(=O)N[C@H](CC(C)C)C(=O)NCCc2ccc(S(N)(=O)=O)cc2)cc1. The Morgan fingerprint density at radius 1 is 0.935 bits per heavy atom. The summed E-state index contributed by atoms with van der Waals surface area (Å²) in [5, 5.41) is 7.83. The molecule has 0 unspecified atom stereocenters. The van der Waals surface area contributed by atoms with E-state index < -0.39 is 32.0 Å². The van der Waals surface area contributed by atoms with Crippen LogP contribution in [0.15, 0.2) is 58.3 Å². The Morgan fingerprint density at radius 3 is 2.00 bits per heavy atom. The molecule has 0 spiro atoms. The smallest absolute Gasteiger partial charge is 0.241 e. The molecule has 0 aromatic heterocycles. The number of amides is 1. The van der Waals surface area contributed by atoms with Crippen molar-refractivity contribution in [1.82, 2.24) is 10.0 Å². The summed E-state index contributed by atoms with van der Waals surface area (Å²) in [5.41, 5.74) is 1.75. The van der Waals surface area contributed by atoms with Crippen molar-refractivity contribution in [2.45, 2.75) is 49.4 Å². The van der Waals surface area contributed by atoms with Crippen LogP contribution in [-0.2, 0) is 31.3 Å². The highest BCUT2D eigenvalue weighted by atomic mass is 32.2. The Labute approximate surface area is 184 Å². The number of aryl methyl sites for hydroxylation is 1. The molecule has 8 nitrogen and oxygen atoms in total. The molecule has 0 aliphatic carbocycles. The van der Waals surface area contributed by atoms with Crippen LogP contribution in [-0.4, -0.2) is 35.3 Å². The zero-order valence-corrected chi connectivity index (χ0v) is 19.5. The third kappa shape index (κ3) is 7.73. The molecule has 10 heteroatoms. The lowest BCUT2D eigenvalue weighted by Crippen LogP contribution is -2.47. The van der Waals surface area contributed by atoms with E-state index in [4.69, 9.17) is 5.14 Å². The number of rotatable bonds is 10. The summed E-state index contributed by atoms with van der Waals surface area (Å²) in [4.78, 5) is 12.8. The Hall–Kier alpha value is -2.27. The predicted octanol–water partition coefficient (Wildman–Crippen LogP) is 1.69. The fourth-order valence-corrected chi connectivity index (χ4v) is 4.68. The Kier molecular flexibility index (Phi) is 8.35. The first-order chi connectivity index (χ1) is 14.4. The Balaban J connectivity index is 2.01. The van der Waals surface area contributed by atoms with Crippen LogP contribution in [0.4, 0.5) is 0 Å². The van der Waals surface area contributed by atoms with Gasteiger partial charge in [0.05, 0.1) is 9.79 Å². The molecule has 0 radical (unpaired) electrons. The van der Waals surface area contributed by atoms with Gasteiger partial charge in [-0.2, -0.15) is 4.72 Å². The second-order valence-corrected chi connectivity index (χ2v) is 11.1. The van der Waals surface area contributed by atoms with Gasteiger partial charge in [0.15, 0.2) is 0 Å². The molecule has 0 aliphatic rings. The second kappa shape index (κ2) is 10.4. The summed E-state index contributed by atoms with van der Waals surface area (Å²) < 4.78 is 50.5. The van der Waals surface area contributed by atoms with Gasteiger partial charge in [-0.1, -0.05) is 43.7 Å². The van der Waals surface area contributed by atoms with Crippen LogP contribution in [0, 0.1) is 12.8 Å². The van der Waals surface area contributed by atoms with Crippen molar-refractivity contribution in [3.8, 4) is 0 Å². The lowest BCUT2D eigenvalue weighted by atomic mass is 10.0. The Morgan fingerprint density at radius 2 is 1.48 bits per heavy atom. The third-order valence-electron chi connectivity index (χ3n) is 4.62. The van der Waals surface area contributed by atoms with Crippen LogP contribution < -0.4 is 15.2 Å². The number of nitrogens with one attached hydrogen (secondary N) is 2. The van der Waals surface area contributed by atoms with Crippen LogP contribution in [0.25, 0.3) is 0 Å². The predicted molar refractivity (Wildman–Crippen MR) is 119 cm³/mol. The van der Waals surface area contributed by atoms with Crippen molar-refractivity contribution in [2.24, 2.45) is 11.1 Å². The Bertz CT molecular complexity index is 1090. The summed E-state index contributed by atoms with van der Waals surface area (Å²) in [5.74, 6) is -0.312. The van der Waals surface area contributed by atoms with Gasteiger partial charge in [0.2, 0.25) is 26.0 Å². The number of sulfonamides is 2. The molecule has 2 aromatic carbocycles. The normalized spacial score (nSPS) is 13.2. The van der Waals surface area contributed by atoms with E-state index in [1.54, 1.807) is 24.3 Å². The highest BCUT2D eigenvalue weighted by molar-refractivity contribution is 7.89. The molecular formula is C21H29N3O5S2. The summed E-state index contributed by atoms with van der Waals surface area (Å²) in [6, 6.07) is 11.6. The lowest BCUT2D eigenvalue weighted by molar-refractivity contribution is -0.123. The van der Waals surface area contributed by atoms with Gasteiger partial charge in [-0.15, -0.1) is 0 Å². The molecule has 2 aromatic rings. The minimum atomic E-state index is -3.84. The number of benzene rings is 2. The summed E-state index contributed by atoms with van der Waals surface area (Å²) in [7, 11) is -7.60. The standard InChI is InChI=1S/C21H29N3O5S2/c1-15(2)14-20(24-31(28,29)19-8-4-16(3)5-9-19)21(25)23-13-12-17-6-10-18(11-7-17)30(22,26)27/h4-11,15,20,24H,12-14H2,1-3H3,(H,23,25)(H2,22,26,27)/t20-/m1/s1. The van der Waals surface area contributed by atoms with E-state index in [0.29, 0.717) is 12.8 Å². The van der Waals surface area contributed by atoms with Gasteiger partial charge in [0, 0.05) is 6.54 Å². The summed E-state index contributed by atoms with van der Waals surface area (Å²) in [6.07, 6.45) is 0.801. The molecule has 1 atom stereocenters. The molecule has 0 bridgehead atoms. The number of nitrogens with two attached hydrogens (primary N) is 1. The molecule has 0 aliphatic heterocycles. The quantitative estimate of drug-likeness (QED) is 0.489. The first-order valence-electron chi connectivity index (χ1n) is 9.87. The van der Waals surface area contributed by atoms with Gasteiger partial charge in [-0.25, -0.2) is 22.0 Å². The van der Waals surface area contributed by atoms with E-state index in [2.05, 4.69) is 10.0 Å². The molecule has 0 fully saturated rings. The fraction of sp³-hybridized carbons (Fsp3) is 0.381. The molecule has 2 rings (SSSR count). The summed E-state index contributed by atoms with van der Waals surface area (Å²) >= 11 is 0. The van der Waals surface area contributed by atoms with Gasteiger partial charge in [-0.05, 0) is 55.5 Å². The largest absolute Gasteiger partial charge is 0.354 e. The van der Waals surface area contributed by atoms with Gasteiger partial charge in [-0.3, -0.25) is 4.79 Å². The number of hydrogen-bond donors (Lipinski definition) is 3.